The standard InChI is InChI=1S/C19H20N2O5/c1-13(22)17(19(24)21-25)20-18(23)16-8-6-14(7-9-16)4-2-3-5-15-10-11-26-12-15/h2-13,17,22,25H,1H3,(H,20,23)(H,21,24)/b4-2+,5-3+/t13-,17+/m1/s1. The van der Waals surface area contributed by atoms with Crippen LogP contribution in [0.3, 0.4) is 0 Å². The number of rotatable bonds is 7. The van der Waals surface area contributed by atoms with Gasteiger partial charge >= 0.3 is 0 Å². The van der Waals surface area contributed by atoms with Gasteiger partial charge in [-0.1, -0.05) is 36.4 Å². The molecule has 1 aromatic heterocycles. The van der Waals surface area contributed by atoms with Crippen molar-refractivity contribution in [2.45, 2.75) is 19.1 Å². The van der Waals surface area contributed by atoms with Crippen molar-refractivity contribution in [2.75, 3.05) is 0 Å². The van der Waals surface area contributed by atoms with Crippen LogP contribution in [0.25, 0.3) is 12.2 Å². The van der Waals surface area contributed by atoms with Gasteiger partial charge in [-0.05, 0) is 30.7 Å². The van der Waals surface area contributed by atoms with E-state index in [1.54, 1.807) is 36.8 Å². The van der Waals surface area contributed by atoms with Crippen LogP contribution in [-0.2, 0) is 4.79 Å². The van der Waals surface area contributed by atoms with Crippen LogP contribution >= 0.6 is 0 Å². The summed E-state index contributed by atoms with van der Waals surface area (Å²) in [6.45, 7) is 1.34. The summed E-state index contributed by atoms with van der Waals surface area (Å²) >= 11 is 0. The van der Waals surface area contributed by atoms with Gasteiger partial charge in [0.25, 0.3) is 11.8 Å². The molecule has 1 heterocycles. The summed E-state index contributed by atoms with van der Waals surface area (Å²) in [6.07, 6.45) is 9.56. The van der Waals surface area contributed by atoms with Crippen LogP contribution in [0.5, 0.6) is 0 Å². The summed E-state index contributed by atoms with van der Waals surface area (Å²) in [5, 5.41) is 20.6. The van der Waals surface area contributed by atoms with Crippen molar-refractivity contribution < 1.29 is 24.3 Å². The molecule has 0 fully saturated rings. The molecule has 2 rings (SSSR count). The number of furan rings is 1. The minimum atomic E-state index is -1.25. The van der Waals surface area contributed by atoms with E-state index in [1.807, 2.05) is 30.4 Å². The molecular formula is C19H20N2O5. The fraction of sp³-hybridized carbons (Fsp3) is 0.158. The SMILES string of the molecule is C[C@@H](O)[C@H](NC(=O)c1ccc(/C=C/C=C/c2ccoc2)cc1)C(=O)NO. The van der Waals surface area contributed by atoms with Crippen LogP contribution in [0.1, 0.15) is 28.4 Å². The second-order valence-electron chi connectivity index (χ2n) is 5.56. The Morgan fingerprint density at radius 2 is 1.73 bits per heavy atom. The molecule has 7 heteroatoms. The lowest BCUT2D eigenvalue weighted by Gasteiger charge is -2.19. The minimum absolute atomic E-state index is 0.326. The van der Waals surface area contributed by atoms with Gasteiger partial charge in [-0.15, -0.1) is 0 Å². The predicted octanol–water partition coefficient (Wildman–Crippen LogP) is 1.99. The fourth-order valence-electron chi connectivity index (χ4n) is 2.15. The van der Waals surface area contributed by atoms with Gasteiger partial charge in [0.05, 0.1) is 18.6 Å². The van der Waals surface area contributed by atoms with E-state index in [0.717, 1.165) is 11.1 Å². The first-order chi connectivity index (χ1) is 12.5. The number of hydroxylamine groups is 1. The number of nitrogens with one attached hydrogen (secondary N) is 2. The predicted molar refractivity (Wildman–Crippen MR) is 96.1 cm³/mol. The monoisotopic (exact) mass is 356 g/mol. The van der Waals surface area contributed by atoms with Gasteiger partial charge in [0.1, 0.15) is 6.04 Å². The molecule has 4 N–H and O–H groups in total. The molecule has 2 amide bonds. The number of hydrogen-bond acceptors (Lipinski definition) is 5. The number of carbonyl (C=O) groups excluding carboxylic acids is 2. The average molecular weight is 356 g/mol. The molecule has 2 atom stereocenters. The lowest BCUT2D eigenvalue weighted by molar-refractivity contribution is -0.133. The van der Waals surface area contributed by atoms with Gasteiger partial charge in [0, 0.05) is 11.1 Å². The van der Waals surface area contributed by atoms with Gasteiger partial charge in [0.2, 0.25) is 0 Å². The van der Waals surface area contributed by atoms with E-state index >= 15 is 0 Å². The van der Waals surface area contributed by atoms with E-state index in [9.17, 15) is 14.7 Å². The number of aliphatic hydroxyl groups excluding tert-OH is 1. The molecule has 0 radical (unpaired) electrons. The van der Waals surface area contributed by atoms with E-state index in [1.165, 1.54) is 12.4 Å². The molecule has 2 aromatic rings. The number of carbonyl (C=O) groups is 2. The van der Waals surface area contributed by atoms with Crippen molar-refractivity contribution >= 4 is 24.0 Å². The van der Waals surface area contributed by atoms with Crippen LogP contribution in [0.4, 0.5) is 0 Å². The third kappa shape index (κ3) is 5.44. The maximum Gasteiger partial charge on any atom is 0.268 e. The van der Waals surface area contributed by atoms with E-state index in [-0.39, 0.29) is 0 Å². The zero-order valence-corrected chi connectivity index (χ0v) is 14.1. The zero-order chi connectivity index (χ0) is 18.9. The van der Waals surface area contributed by atoms with Crippen LogP contribution < -0.4 is 10.8 Å². The van der Waals surface area contributed by atoms with Gasteiger partial charge in [-0.3, -0.25) is 14.8 Å². The molecule has 0 saturated carbocycles. The summed E-state index contributed by atoms with van der Waals surface area (Å²) in [4.78, 5) is 23.6. The number of amides is 2. The Hall–Kier alpha value is -3.16. The highest BCUT2D eigenvalue weighted by Crippen LogP contribution is 2.08. The van der Waals surface area contributed by atoms with Crippen LogP contribution in [0, 0.1) is 0 Å². The van der Waals surface area contributed by atoms with E-state index in [0.29, 0.717) is 5.56 Å². The molecule has 0 aliphatic carbocycles. The maximum atomic E-state index is 12.2. The highest BCUT2D eigenvalue weighted by Gasteiger charge is 2.25. The second-order valence-corrected chi connectivity index (χ2v) is 5.56. The largest absolute Gasteiger partial charge is 0.472 e. The highest BCUT2D eigenvalue weighted by molar-refractivity contribution is 5.97. The van der Waals surface area contributed by atoms with Crippen molar-refractivity contribution in [3.8, 4) is 0 Å². The normalized spacial score (nSPS) is 13.7. The van der Waals surface area contributed by atoms with Crippen molar-refractivity contribution in [1.29, 1.82) is 0 Å². The highest BCUT2D eigenvalue weighted by atomic mass is 16.5. The van der Waals surface area contributed by atoms with Gasteiger partial charge in [0.15, 0.2) is 0 Å². The fourth-order valence-corrected chi connectivity index (χ4v) is 2.15. The second kappa shape index (κ2) is 9.36. The first kappa shape index (κ1) is 19.2. The Labute approximate surface area is 150 Å². The van der Waals surface area contributed by atoms with E-state index < -0.39 is 24.0 Å². The molecule has 1 aromatic carbocycles. The Kier molecular flexibility index (Phi) is 6.90. The van der Waals surface area contributed by atoms with Crippen molar-refractivity contribution in [1.82, 2.24) is 10.8 Å². The van der Waals surface area contributed by atoms with Crippen molar-refractivity contribution in [2.24, 2.45) is 0 Å². The molecule has 0 saturated heterocycles. The number of benzene rings is 1. The molecular weight excluding hydrogens is 336 g/mol. The molecule has 0 unspecified atom stereocenters. The van der Waals surface area contributed by atoms with Crippen LogP contribution in [-0.4, -0.2) is 34.3 Å². The summed E-state index contributed by atoms with van der Waals surface area (Å²) < 4.78 is 4.96. The Balaban J connectivity index is 1.97. The number of allylic oxidation sites excluding steroid dienone is 2. The number of hydrogen-bond donors (Lipinski definition) is 4. The third-order valence-corrected chi connectivity index (χ3v) is 3.57. The van der Waals surface area contributed by atoms with Crippen molar-refractivity contribution in [3.05, 3.63) is 71.7 Å². The van der Waals surface area contributed by atoms with Crippen LogP contribution in [0.15, 0.2) is 59.4 Å². The summed E-state index contributed by atoms with van der Waals surface area (Å²) in [5.41, 5.74) is 3.59. The lowest BCUT2D eigenvalue weighted by atomic mass is 10.1. The molecule has 26 heavy (non-hydrogen) atoms. The smallest absolute Gasteiger partial charge is 0.268 e. The topological polar surface area (TPSA) is 112 Å². The molecule has 7 nitrogen and oxygen atoms in total. The van der Waals surface area contributed by atoms with Crippen molar-refractivity contribution in [3.63, 3.8) is 0 Å². The summed E-state index contributed by atoms with van der Waals surface area (Å²) in [5.74, 6) is -1.42. The molecule has 0 spiro atoms. The zero-order valence-electron chi connectivity index (χ0n) is 14.1. The van der Waals surface area contributed by atoms with Gasteiger partial charge in [-0.25, -0.2) is 5.48 Å². The summed E-state index contributed by atoms with van der Waals surface area (Å²) in [7, 11) is 0. The van der Waals surface area contributed by atoms with Crippen LogP contribution in [0.2, 0.25) is 0 Å². The number of aliphatic hydroxyl groups is 1. The quantitative estimate of drug-likeness (QED) is 0.344. The van der Waals surface area contributed by atoms with Gasteiger partial charge < -0.3 is 14.8 Å². The molecule has 0 bridgehead atoms. The summed E-state index contributed by atoms with van der Waals surface area (Å²) in [6, 6.07) is 7.30. The molecule has 0 aliphatic rings. The average Bonchev–Trinajstić information content (AvgIpc) is 3.16. The maximum absolute atomic E-state index is 12.2. The molecule has 136 valence electrons. The van der Waals surface area contributed by atoms with E-state index in [4.69, 9.17) is 9.62 Å². The Morgan fingerprint density at radius 3 is 2.27 bits per heavy atom. The first-order valence-electron chi connectivity index (χ1n) is 7.91. The molecule has 0 aliphatic heterocycles. The van der Waals surface area contributed by atoms with Gasteiger partial charge in [-0.2, -0.15) is 0 Å². The van der Waals surface area contributed by atoms with E-state index in [2.05, 4.69) is 5.32 Å². The Morgan fingerprint density at radius 1 is 1.08 bits per heavy atom. The lowest BCUT2D eigenvalue weighted by Crippen LogP contribution is -2.51. The third-order valence-electron chi connectivity index (χ3n) is 3.57. The minimum Gasteiger partial charge on any atom is -0.472 e. The Bertz CT molecular complexity index is 777. The first-order valence-corrected chi connectivity index (χ1v) is 7.91.